The van der Waals surface area contributed by atoms with E-state index >= 15 is 0 Å². The van der Waals surface area contributed by atoms with Crippen LogP contribution >= 0.6 is 27.5 Å². The predicted octanol–water partition coefficient (Wildman–Crippen LogP) is 7.49. The molecule has 1 aliphatic rings. The molecule has 0 fully saturated rings. The van der Waals surface area contributed by atoms with E-state index in [1.807, 2.05) is 84.9 Å². The molecular formula is C34H31BrClN5O4. The molecular weight excluding hydrogens is 658 g/mol. The normalized spacial score (nSPS) is 17.1. The van der Waals surface area contributed by atoms with Crippen molar-refractivity contribution in [1.29, 1.82) is 0 Å². The Kier molecular flexibility index (Phi) is 10.8. The molecule has 0 unspecified atom stereocenters. The van der Waals surface area contributed by atoms with Gasteiger partial charge in [0.15, 0.2) is 11.6 Å². The smallest absolute Gasteiger partial charge is 0.252 e. The second-order valence-electron chi connectivity index (χ2n) is 10.5. The Labute approximate surface area is 274 Å². The first-order valence-electron chi connectivity index (χ1n) is 14.4. The van der Waals surface area contributed by atoms with Gasteiger partial charge < -0.3 is 19.9 Å². The standard InChI is InChI=1S/C34H31BrClN5O4/c35-28-12-8-24(9-13-28)31-34(20-26-4-1-2-5-27(26)22-39-41-37,33(43)38-21-23-6-14-29(36)15-7-23)40-32(45-31)25-10-16-30(17-11-25)44-19-3-18-42/h1-2,4-17,31,42H,3,18-22H2,(H,38,43)/t31-,34-/m1/s1. The van der Waals surface area contributed by atoms with Gasteiger partial charge in [-0.15, -0.1) is 0 Å². The maximum absolute atomic E-state index is 14.5. The summed E-state index contributed by atoms with van der Waals surface area (Å²) in [5.41, 5.74) is 11.5. The number of amides is 1. The summed E-state index contributed by atoms with van der Waals surface area (Å²) in [6, 6.07) is 29.8. The number of hydrogen-bond donors (Lipinski definition) is 2. The molecule has 45 heavy (non-hydrogen) atoms. The highest BCUT2D eigenvalue weighted by atomic mass is 79.9. The van der Waals surface area contributed by atoms with Gasteiger partial charge in [0.25, 0.3) is 5.91 Å². The third-order valence-corrected chi connectivity index (χ3v) is 8.23. The molecule has 0 saturated carbocycles. The number of azide groups is 1. The molecule has 2 atom stereocenters. The molecule has 5 rings (SSSR count). The van der Waals surface area contributed by atoms with E-state index < -0.39 is 11.6 Å². The van der Waals surface area contributed by atoms with E-state index in [0.717, 1.165) is 26.7 Å². The van der Waals surface area contributed by atoms with Crippen molar-refractivity contribution in [3.63, 3.8) is 0 Å². The summed E-state index contributed by atoms with van der Waals surface area (Å²) < 4.78 is 13.2. The quantitative estimate of drug-likeness (QED) is 0.0653. The van der Waals surface area contributed by atoms with Crippen molar-refractivity contribution in [2.75, 3.05) is 13.2 Å². The largest absolute Gasteiger partial charge is 0.494 e. The van der Waals surface area contributed by atoms with Crippen LogP contribution in [0.5, 0.6) is 5.75 Å². The minimum absolute atomic E-state index is 0.0499. The number of halogens is 2. The lowest BCUT2D eigenvalue weighted by molar-refractivity contribution is -0.129. The monoisotopic (exact) mass is 687 g/mol. The molecule has 1 aliphatic heterocycles. The van der Waals surface area contributed by atoms with Crippen LogP contribution in [-0.2, 0) is 29.0 Å². The predicted molar refractivity (Wildman–Crippen MR) is 177 cm³/mol. The Hall–Kier alpha value is -4.34. The van der Waals surface area contributed by atoms with Gasteiger partial charge in [-0.25, -0.2) is 4.99 Å². The third-order valence-electron chi connectivity index (χ3n) is 7.45. The molecule has 1 heterocycles. The molecule has 9 nitrogen and oxygen atoms in total. The van der Waals surface area contributed by atoms with Crippen LogP contribution in [0, 0.1) is 0 Å². The first-order chi connectivity index (χ1) is 21.9. The first-order valence-corrected chi connectivity index (χ1v) is 15.6. The highest BCUT2D eigenvalue weighted by molar-refractivity contribution is 9.10. The number of nitrogens with zero attached hydrogens (tertiary/aromatic N) is 4. The van der Waals surface area contributed by atoms with Crippen molar-refractivity contribution in [2.24, 2.45) is 10.1 Å². The molecule has 0 bridgehead atoms. The van der Waals surface area contributed by atoms with E-state index in [1.165, 1.54) is 0 Å². The van der Waals surface area contributed by atoms with Crippen LogP contribution in [-0.4, -0.2) is 35.7 Å². The number of aliphatic imine (C=N–C) groups is 1. The minimum Gasteiger partial charge on any atom is -0.494 e. The lowest BCUT2D eigenvalue weighted by atomic mass is 9.81. The number of carbonyl (C=O) groups is 1. The Morgan fingerprint density at radius 2 is 1.76 bits per heavy atom. The second kappa shape index (κ2) is 15.1. The molecule has 230 valence electrons. The molecule has 4 aromatic rings. The average Bonchev–Trinajstić information content (AvgIpc) is 3.45. The fourth-order valence-electron chi connectivity index (χ4n) is 5.14. The number of ether oxygens (including phenoxy) is 2. The number of rotatable bonds is 13. The van der Waals surface area contributed by atoms with Crippen LogP contribution in [0.25, 0.3) is 10.4 Å². The summed E-state index contributed by atoms with van der Waals surface area (Å²) in [5.74, 6) is 0.649. The van der Waals surface area contributed by atoms with Gasteiger partial charge in [-0.1, -0.05) is 81.2 Å². The van der Waals surface area contributed by atoms with E-state index in [0.29, 0.717) is 35.3 Å². The van der Waals surface area contributed by atoms with Crippen LogP contribution in [0.15, 0.2) is 112 Å². The van der Waals surface area contributed by atoms with Crippen molar-refractivity contribution in [3.05, 3.63) is 145 Å². The molecule has 4 aromatic carbocycles. The number of aliphatic hydroxyl groups is 1. The Morgan fingerprint density at radius 1 is 1.04 bits per heavy atom. The SMILES string of the molecule is [N-]=[N+]=NCc1ccccc1C[C@@]1(C(=O)NCc2ccc(Cl)cc2)N=C(c2ccc(OCCCO)cc2)O[C@@H]1c1ccc(Br)cc1. The summed E-state index contributed by atoms with van der Waals surface area (Å²) in [6.45, 7) is 0.836. The zero-order chi connectivity index (χ0) is 31.6. The van der Waals surface area contributed by atoms with Crippen LogP contribution in [0.3, 0.4) is 0 Å². The van der Waals surface area contributed by atoms with Crippen molar-refractivity contribution in [3.8, 4) is 5.75 Å². The molecule has 0 aromatic heterocycles. The number of nitrogens with one attached hydrogen (secondary N) is 1. The minimum atomic E-state index is -1.42. The van der Waals surface area contributed by atoms with E-state index in [9.17, 15) is 4.79 Å². The molecule has 0 spiro atoms. The van der Waals surface area contributed by atoms with Gasteiger partial charge >= 0.3 is 0 Å². The van der Waals surface area contributed by atoms with Gasteiger partial charge in [0, 0.05) is 46.0 Å². The Bertz CT molecular complexity index is 1690. The van der Waals surface area contributed by atoms with Gasteiger partial charge in [-0.05, 0) is 76.3 Å². The average molecular weight is 689 g/mol. The van der Waals surface area contributed by atoms with Gasteiger partial charge in [-0.2, -0.15) is 0 Å². The fraction of sp³-hybridized carbons (Fsp3) is 0.235. The lowest BCUT2D eigenvalue weighted by Gasteiger charge is -2.31. The van der Waals surface area contributed by atoms with Gasteiger partial charge in [0.05, 0.1) is 13.2 Å². The third kappa shape index (κ3) is 7.85. The van der Waals surface area contributed by atoms with Crippen molar-refractivity contribution in [1.82, 2.24) is 5.32 Å². The van der Waals surface area contributed by atoms with Gasteiger partial charge in [-0.3, -0.25) is 4.79 Å². The summed E-state index contributed by atoms with van der Waals surface area (Å²) in [7, 11) is 0. The first kappa shape index (κ1) is 32.1. The molecule has 0 radical (unpaired) electrons. The Balaban J connectivity index is 1.58. The second-order valence-corrected chi connectivity index (χ2v) is 11.8. The molecule has 0 aliphatic carbocycles. The molecule has 2 N–H and O–H groups in total. The molecule has 1 amide bonds. The van der Waals surface area contributed by atoms with E-state index in [2.05, 4.69) is 31.3 Å². The lowest BCUT2D eigenvalue weighted by Crippen LogP contribution is -2.49. The van der Waals surface area contributed by atoms with Crippen LogP contribution in [0.4, 0.5) is 0 Å². The summed E-state index contributed by atoms with van der Waals surface area (Å²) >= 11 is 9.59. The molecule has 11 heteroatoms. The fourth-order valence-corrected chi connectivity index (χ4v) is 5.53. The van der Waals surface area contributed by atoms with Crippen LogP contribution in [0.2, 0.25) is 5.02 Å². The van der Waals surface area contributed by atoms with E-state index in [1.54, 1.807) is 12.1 Å². The topological polar surface area (TPSA) is 129 Å². The van der Waals surface area contributed by atoms with Crippen LogP contribution in [0.1, 0.15) is 40.3 Å². The van der Waals surface area contributed by atoms with Crippen molar-refractivity contribution >= 4 is 39.3 Å². The zero-order valence-electron chi connectivity index (χ0n) is 24.3. The highest BCUT2D eigenvalue weighted by Gasteiger charge is 2.53. The number of benzene rings is 4. The number of aliphatic hydroxyl groups excluding tert-OH is 1. The zero-order valence-corrected chi connectivity index (χ0v) is 26.6. The molecule has 0 saturated heterocycles. The Morgan fingerprint density at radius 3 is 2.44 bits per heavy atom. The summed E-state index contributed by atoms with van der Waals surface area (Å²) in [6.07, 6.45) is -0.0662. The van der Waals surface area contributed by atoms with E-state index in [-0.39, 0.29) is 32.0 Å². The summed E-state index contributed by atoms with van der Waals surface area (Å²) in [4.78, 5) is 22.5. The van der Waals surface area contributed by atoms with Crippen molar-refractivity contribution in [2.45, 2.75) is 37.6 Å². The van der Waals surface area contributed by atoms with Crippen LogP contribution < -0.4 is 10.1 Å². The highest BCUT2D eigenvalue weighted by Crippen LogP contribution is 2.43. The number of carbonyl (C=O) groups excluding carboxylic acids is 1. The summed E-state index contributed by atoms with van der Waals surface area (Å²) in [5, 5.41) is 16.6. The van der Waals surface area contributed by atoms with Crippen molar-refractivity contribution < 1.29 is 19.4 Å². The number of hydrogen-bond acceptors (Lipinski definition) is 6. The maximum Gasteiger partial charge on any atom is 0.252 e. The maximum atomic E-state index is 14.5. The van der Waals surface area contributed by atoms with Gasteiger partial charge in [0.2, 0.25) is 5.90 Å². The van der Waals surface area contributed by atoms with E-state index in [4.69, 9.17) is 36.7 Å². The van der Waals surface area contributed by atoms with Gasteiger partial charge in [0.1, 0.15) is 5.75 Å².